The predicted molar refractivity (Wildman–Crippen MR) is 103 cm³/mol. The molecule has 1 aliphatic rings. The third-order valence-electron chi connectivity index (χ3n) is 4.55. The molecule has 1 fully saturated rings. The van der Waals surface area contributed by atoms with E-state index >= 15 is 0 Å². The number of hydrogen-bond donors (Lipinski definition) is 0. The third kappa shape index (κ3) is 3.24. The number of benzene rings is 2. The van der Waals surface area contributed by atoms with Crippen LogP contribution in [0.1, 0.15) is 24.5 Å². The molecule has 0 N–H and O–H groups in total. The van der Waals surface area contributed by atoms with E-state index in [4.69, 9.17) is 11.6 Å². The van der Waals surface area contributed by atoms with E-state index in [0.29, 0.717) is 5.02 Å². The maximum Gasteiger partial charge on any atom is 0.250 e. The summed E-state index contributed by atoms with van der Waals surface area (Å²) in [5, 5.41) is 0.698. The lowest BCUT2D eigenvalue weighted by molar-refractivity contribution is -0.124. The van der Waals surface area contributed by atoms with Gasteiger partial charge in [-0.2, -0.15) is 0 Å². The molecule has 2 nitrogen and oxygen atoms in total. The van der Waals surface area contributed by atoms with Crippen LogP contribution in [0.15, 0.2) is 59.0 Å². The van der Waals surface area contributed by atoms with E-state index in [1.807, 2.05) is 36.2 Å². The maximum atomic E-state index is 12.7. The largest absolute Gasteiger partial charge is 0.339 e. The standard InChI is InChI=1S/C20H20ClNOS/c1-13-12-18(20(23)22(13)2)19(14-4-8-16(21)9-5-14)15-6-10-17(24-3)11-7-15/h4-11,13H,12H2,1-3H3/b19-18-. The summed E-state index contributed by atoms with van der Waals surface area (Å²) in [5.74, 6) is 0.112. The van der Waals surface area contributed by atoms with Crippen molar-refractivity contribution in [2.45, 2.75) is 24.3 Å². The summed E-state index contributed by atoms with van der Waals surface area (Å²) in [4.78, 5) is 15.8. The van der Waals surface area contributed by atoms with Crippen LogP contribution in [-0.2, 0) is 4.79 Å². The molecule has 124 valence electrons. The fraction of sp³-hybridized carbons (Fsp3) is 0.250. The van der Waals surface area contributed by atoms with E-state index in [2.05, 4.69) is 37.4 Å². The van der Waals surface area contributed by atoms with Crippen molar-refractivity contribution in [3.8, 4) is 0 Å². The fourth-order valence-corrected chi connectivity index (χ4v) is 3.57. The molecule has 1 amide bonds. The number of carbonyl (C=O) groups excluding carboxylic acids is 1. The lowest BCUT2D eigenvalue weighted by Gasteiger charge is -2.14. The van der Waals surface area contributed by atoms with Crippen LogP contribution in [0.5, 0.6) is 0 Å². The third-order valence-corrected chi connectivity index (χ3v) is 5.55. The molecule has 0 saturated carbocycles. The molecule has 1 saturated heterocycles. The van der Waals surface area contributed by atoms with Gasteiger partial charge in [-0.1, -0.05) is 35.9 Å². The van der Waals surface area contributed by atoms with Gasteiger partial charge in [0.25, 0.3) is 0 Å². The van der Waals surface area contributed by atoms with Gasteiger partial charge in [-0.3, -0.25) is 4.79 Å². The second-order valence-corrected chi connectivity index (χ2v) is 7.37. The highest BCUT2D eigenvalue weighted by Gasteiger charge is 2.32. The van der Waals surface area contributed by atoms with E-state index < -0.39 is 0 Å². The topological polar surface area (TPSA) is 20.3 Å². The number of rotatable bonds is 3. The second-order valence-electron chi connectivity index (χ2n) is 6.06. The number of likely N-dealkylation sites (N-methyl/N-ethyl adjacent to an activating group) is 1. The van der Waals surface area contributed by atoms with Crippen molar-refractivity contribution >= 4 is 34.8 Å². The highest BCUT2D eigenvalue weighted by molar-refractivity contribution is 7.98. The van der Waals surface area contributed by atoms with Crippen molar-refractivity contribution in [1.82, 2.24) is 4.90 Å². The average Bonchev–Trinajstić information content (AvgIpc) is 2.85. The highest BCUT2D eigenvalue weighted by Crippen LogP contribution is 2.35. The zero-order chi connectivity index (χ0) is 17.3. The quantitative estimate of drug-likeness (QED) is 0.561. The van der Waals surface area contributed by atoms with Crippen LogP contribution in [0.2, 0.25) is 5.02 Å². The zero-order valence-electron chi connectivity index (χ0n) is 14.0. The normalized spacial score (nSPS) is 19.8. The second kappa shape index (κ2) is 7.04. The molecule has 1 aliphatic heterocycles. The van der Waals surface area contributed by atoms with Crippen LogP contribution >= 0.6 is 23.4 Å². The smallest absolute Gasteiger partial charge is 0.250 e. The first-order valence-corrected chi connectivity index (χ1v) is 9.52. The Morgan fingerprint density at radius 3 is 2.08 bits per heavy atom. The van der Waals surface area contributed by atoms with Crippen molar-refractivity contribution in [2.24, 2.45) is 0 Å². The molecule has 1 heterocycles. The van der Waals surface area contributed by atoms with Crippen LogP contribution < -0.4 is 0 Å². The van der Waals surface area contributed by atoms with Crippen LogP contribution in [0.3, 0.4) is 0 Å². The van der Waals surface area contributed by atoms with Crippen LogP contribution in [0, 0.1) is 0 Å². The molecule has 0 aliphatic carbocycles. The maximum absolute atomic E-state index is 12.7. The number of carbonyl (C=O) groups is 1. The van der Waals surface area contributed by atoms with Gasteiger partial charge in [0.15, 0.2) is 0 Å². The van der Waals surface area contributed by atoms with Crippen molar-refractivity contribution in [1.29, 1.82) is 0 Å². The number of hydrogen-bond acceptors (Lipinski definition) is 2. The first kappa shape index (κ1) is 17.1. The lowest BCUT2D eigenvalue weighted by Crippen LogP contribution is -2.26. The van der Waals surface area contributed by atoms with Gasteiger partial charge < -0.3 is 4.90 Å². The van der Waals surface area contributed by atoms with Gasteiger partial charge in [-0.05, 0) is 60.6 Å². The Bertz CT molecular complexity index is 780. The highest BCUT2D eigenvalue weighted by atomic mass is 35.5. The SMILES string of the molecule is CSc1ccc(/C(=C2/CC(C)N(C)C2=O)c2ccc(Cl)cc2)cc1. The Morgan fingerprint density at radius 2 is 1.62 bits per heavy atom. The molecular weight excluding hydrogens is 338 g/mol. The minimum atomic E-state index is 0.112. The average molecular weight is 358 g/mol. The number of likely N-dealkylation sites (tertiary alicyclic amines) is 1. The number of amides is 1. The molecule has 0 radical (unpaired) electrons. The van der Waals surface area contributed by atoms with Crippen LogP contribution in [0.25, 0.3) is 5.57 Å². The lowest BCUT2D eigenvalue weighted by atomic mass is 9.91. The van der Waals surface area contributed by atoms with E-state index in [9.17, 15) is 4.79 Å². The fourth-order valence-electron chi connectivity index (χ4n) is 3.03. The first-order valence-electron chi connectivity index (χ1n) is 7.92. The van der Waals surface area contributed by atoms with Crippen LogP contribution in [-0.4, -0.2) is 30.2 Å². The molecule has 24 heavy (non-hydrogen) atoms. The number of halogens is 1. The minimum absolute atomic E-state index is 0.112. The van der Waals surface area contributed by atoms with Crippen LogP contribution in [0.4, 0.5) is 0 Å². The van der Waals surface area contributed by atoms with E-state index in [0.717, 1.165) is 28.7 Å². The summed E-state index contributed by atoms with van der Waals surface area (Å²) in [6.45, 7) is 2.08. The summed E-state index contributed by atoms with van der Waals surface area (Å²) in [6, 6.07) is 16.3. The van der Waals surface area contributed by atoms with Gasteiger partial charge in [0.05, 0.1) is 0 Å². The Balaban J connectivity index is 2.17. The molecule has 4 heteroatoms. The van der Waals surface area contributed by atoms with Gasteiger partial charge in [-0.25, -0.2) is 0 Å². The minimum Gasteiger partial charge on any atom is -0.339 e. The van der Waals surface area contributed by atoms with Crippen molar-refractivity contribution in [2.75, 3.05) is 13.3 Å². The first-order chi connectivity index (χ1) is 11.5. The van der Waals surface area contributed by atoms with Crippen molar-refractivity contribution in [3.63, 3.8) is 0 Å². The molecule has 2 aromatic rings. The summed E-state index contributed by atoms with van der Waals surface area (Å²) >= 11 is 7.75. The number of nitrogens with zero attached hydrogens (tertiary/aromatic N) is 1. The molecule has 1 atom stereocenters. The van der Waals surface area contributed by atoms with Gasteiger partial charge in [0.2, 0.25) is 5.91 Å². The predicted octanol–water partition coefficient (Wildman–Crippen LogP) is 5.11. The van der Waals surface area contributed by atoms with Gasteiger partial charge in [-0.15, -0.1) is 11.8 Å². The van der Waals surface area contributed by atoms with Gasteiger partial charge in [0.1, 0.15) is 0 Å². The Hall–Kier alpha value is -1.71. The molecule has 0 bridgehead atoms. The van der Waals surface area contributed by atoms with E-state index in [1.165, 1.54) is 4.90 Å². The Kier molecular flexibility index (Phi) is 5.02. The van der Waals surface area contributed by atoms with Crippen molar-refractivity contribution in [3.05, 3.63) is 70.3 Å². The molecular formula is C20H20ClNOS. The molecule has 1 unspecified atom stereocenters. The van der Waals surface area contributed by atoms with Gasteiger partial charge in [0, 0.05) is 28.6 Å². The molecule has 2 aromatic carbocycles. The monoisotopic (exact) mass is 357 g/mol. The summed E-state index contributed by atoms with van der Waals surface area (Å²) in [6.07, 6.45) is 2.82. The van der Waals surface area contributed by atoms with Crippen molar-refractivity contribution < 1.29 is 4.79 Å². The summed E-state index contributed by atoms with van der Waals surface area (Å²) < 4.78 is 0. The number of thioether (sulfide) groups is 1. The zero-order valence-corrected chi connectivity index (χ0v) is 15.6. The van der Waals surface area contributed by atoms with E-state index in [-0.39, 0.29) is 11.9 Å². The molecule has 3 rings (SSSR count). The Morgan fingerprint density at radius 1 is 1.08 bits per heavy atom. The Labute approximate surface area is 152 Å². The van der Waals surface area contributed by atoms with Gasteiger partial charge >= 0.3 is 0 Å². The molecule has 0 spiro atoms. The van der Waals surface area contributed by atoms with E-state index in [1.54, 1.807) is 11.8 Å². The summed E-state index contributed by atoms with van der Waals surface area (Å²) in [7, 11) is 1.87. The summed E-state index contributed by atoms with van der Waals surface area (Å²) in [5.41, 5.74) is 3.99. The molecule has 0 aromatic heterocycles.